The van der Waals surface area contributed by atoms with Gasteiger partial charge in [-0.05, 0) is 49.3 Å². The molecule has 0 aliphatic heterocycles. The van der Waals surface area contributed by atoms with Crippen LogP contribution in [0.4, 0.5) is 5.69 Å². The number of rotatable bonds is 6. The van der Waals surface area contributed by atoms with Gasteiger partial charge in [0.15, 0.2) is 0 Å². The SMILES string of the molecule is CCC(C)c1ccc(NC(C)CC2CC2)cc1. The lowest BCUT2D eigenvalue weighted by atomic mass is 9.98. The highest BCUT2D eigenvalue weighted by Crippen LogP contribution is 2.34. The van der Waals surface area contributed by atoms with Crippen LogP contribution in [0.25, 0.3) is 0 Å². The summed E-state index contributed by atoms with van der Waals surface area (Å²) in [6.07, 6.45) is 5.43. The van der Waals surface area contributed by atoms with Crippen molar-refractivity contribution in [3.63, 3.8) is 0 Å². The lowest BCUT2D eigenvalue weighted by Gasteiger charge is -2.16. The van der Waals surface area contributed by atoms with Crippen LogP contribution >= 0.6 is 0 Å². The van der Waals surface area contributed by atoms with E-state index in [0.717, 1.165) is 5.92 Å². The zero-order valence-electron chi connectivity index (χ0n) is 11.4. The summed E-state index contributed by atoms with van der Waals surface area (Å²) < 4.78 is 0. The fourth-order valence-electron chi connectivity index (χ4n) is 2.34. The first-order valence-electron chi connectivity index (χ1n) is 7.05. The van der Waals surface area contributed by atoms with E-state index in [2.05, 4.69) is 50.4 Å². The van der Waals surface area contributed by atoms with Crippen molar-refractivity contribution < 1.29 is 0 Å². The Labute approximate surface area is 106 Å². The molecule has 94 valence electrons. The van der Waals surface area contributed by atoms with Crippen molar-refractivity contribution in [2.75, 3.05) is 5.32 Å². The summed E-state index contributed by atoms with van der Waals surface area (Å²) in [5.74, 6) is 1.67. The minimum Gasteiger partial charge on any atom is -0.383 e. The number of benzene rings is 1. The molecule has 1 heteroatoms. The van der Waals surface area contributed by atoms with Crippen LogP contribution in [0, 0.1) is 5.92 Å². The topological polar surface area (TPSA) is 12.0 Å². The fraction of sp³-hybridized carbons (Fsp3) is 0.625. The number of hydrogen-bond donors (Lipinski definition) is 1. The Morgan fingerprint density at radius 3 is 2.35 bits per heavy atom. The average molecular weight is 231 g/mol. The average Bonchev–Trinajstić information content (AvgIpc) is 3.12. The van der Waals surface area contributed by atoms with Crippen LogP contribution in [0.3, 0.4) is 0 Å². The second kappa shape index (κ2) is 5.57. The molecule has 1 aliphatic carbocycles. The van der Waals surface area contributed by atoms with E-state index >= 15 is 0 Å². The van der Waals surface area contributed by atoms with Gasteiger partial charge in [-0.15, -0.1) is 0 Å². The minimum absolute atomic E-state index is 0.608. The molecule has 2 rings (SSSR count). The minimum atomic E-state index is 0.608. The first-order valence-corrected chi connectivity index (χ1v) is 7.05. The van der Waals surface area contributed by atoms with Crippen LogP contribution < -0.4 is 5.32 Å². The van der Waals surface area contributed by atoms with Gasteiger partial charge in [-0.1, -0.05) is 38.8 Å². The first-order chi connectivity index (χ1) is 8.19. The van der Waals surface area contributed by atoms with Crippen molar-refractivity contribution in [3.05, 3.63) is 29.8 Å². The van der Waals surface area contributed by atoms with E-state index in [-0.39, 0.29) is 0 Å². The molecule has 1 N–H and O–H groups in total. The number of anilines is 1. The second-order valence-electron chi connectivity index (χ2n) is 5.66. The molecular weight excluding hydrogens is 206 g/mol. The predicted molar refractivity (Wildman–Crippen MR) is 75.6 cm³/mol. The fourth-order valence-corrected chi connectivity index (χ4v) is 2.34. The van der Waals surface area contributed by atoms with Crippen LogP contribution in [-0.2, 0) is 0 Å². The summed E-state index contributed by atoms with van der Waals surface area (Å²) >= 11 is 0. The maximum absolute atomic E-state index is 3.60. The van der Waals surface area contributed by atoms with Crippen molar-refractivity contribution in [2.24, 2.45) is 5.92 Å². The summed E-state index contributed by atoms with van der Waals surface area (Å²) in [4.78, 5) is 0. The van der Waals surface area contributed by atoms with Gasteiger partial charge >= 0.3 is 0 Å². The standard InChI is InChI=1S/C16H25N/c1-4-12(2)15-7-9-16(10-8-15)17-13(3)11-14-5-6-14/h7-10,12-14,17H,4-6,11H2,1-3H3. The highest BCUT2D eigenvalue weighted by atomic mass is 14.9. The summed E-state index contributed by atoms with van der Waals surface area (Å²) in [6.45, 7) is 6.83. The molecule has 17 heavy (non-hydrogen) atoms. The third kappa shape index (κ3) is 3.76. The van der Waals surface area contributed by atoms with Crippen molar-refractivity contribution in [2.45, 2.75) is 58.4 Å². The van der Waals surface area contributed by atoms with E-state index in [1.54, 1.807) is 0 Å². The first kappa shape index (κ1) is 12.5. The molecule has 0 saturated heterocycles. The van der Waals surface area contributed by atoms with Crippen molar-refractivity contribution in [3.8, 4) is 0 Å². The molecular formula is C16H25N. The van der Waals surface area contributed by atoms with Crippen LogP contribution in [-0.4, -0.2) is 6.04 Å². The van der Waals surface area contributed by atoms with Gasteiger partial charge in [-0.2, -0.15) is 0 Å². The molecule has 1 nitrogen and oxygen atoms in total. The van der Waals surface area contributed by atoms with Crippen molar-refractivity contribution >= 4 is 5.69 Å². The maximum Gasteiger partial charge on any atom is 0.0342 e. The van der Waals surface area contributed by atoms with Crippen LogP contribution in [0.5, 0.6) is 0 Å². The normalized spacial score (nSPS) is 18.8. The van der Waals surface area contributed by atoms with E-state index in [4.69, 9.17) is 0 Å². The molecule has 1 saturated carbocycles. The molecule has 1 fully saturated rings. The van der Waals surface area contributed by atoms with Gasteiger partial charge < -0.3 is 5.32 Å². The second-order valence-corrected chi connectivity index (χ2v) is 5.66. The van der Waals surface area contributed by atoms with Gasteiger partial charge in [0.05, 0.1) is 0 Å². The predicted octanol–water partition coefficient (Wildman–Crippen LogP) is 4.80. The molecule has 1 aliphatic rings. The molecule has 1 aromatic carbocycles. The van der Waals surface area contributed by atoms with Crippen LogP contribution in [0.15, 0.2) is 24.3 Å². The Kier molecular flexibility index (Phi) is 4.09. The highest BCUT2D eigenvalue weighted by Gasteiger charge is 2.23. The van der Waals surface area contributed by atoms with E-state index in [1.165, 1.54) is 36.9 Å². The Hall–Kier alpha value is -0.980. The van der Waals surface area contributed by atoms with Crippen molar-refractivity contribution in [1.29, 1.82) is 0 Å². The summed E-state index contributed by atoms with van der Waals surface area (Å²) in [5, 5.41) is 3.60. The Balaban J connectivity index is 1.88. The third-order valence-electron chi connectivity index (χ3n) is 3.89. The Bertz CT molecular complexity index is 337. The molecule has 0 bridgehead atoms. The lowest BCUT2D eigenvalue weighted by Crippen LogP contribution is -2.15. The zero-order chi connectivity index (χ0) is 12.3. The molecule has 0 radical (unpaired) electrons. The molecule has 0 heterocycles. The van der Waals surface area contributed by atoms with E-state index in [9.17, 15) is 0 Å². The largest absolute Gasteiger partial charge is 0.383 e. The third-order valence-corrected chi connectivity index (χ3v) is 3.89. The molecule has 0 aromatic heterocycles. The van der Waals surface area contributed by atoms with E-state index in [0.29, 0.717) is 12.0 Å². The van der Waals surface area contributed by atoms with Gasteiger partial charge in [0, 0.05) is 11.7 Å². The van der Waals surface area contributed by atoms with Crippen LogP contribution in [0.2, 0.25) is 0 Å². The maximum atomic E-state index is 3.60. The summed E-state index contributed by atoms with van der Waals surface area (Å²) in [6, 6.07) is 9.59. The molecule has 2 unspecified atom stereocenters. The quantitative estimate of drug-likeness (QED) is 0.741. The van der Waals surface area contributed by atoms with E-state index in [1.807, 2.05) is 0 Å². The summed E-state index contributed by atoms with van der Waals surface area (Å²) in [5.41, 5.74) is 2.72. The van der Waals surface area contributed by atoms with Gasteiger partial charge in [0.25, 0.3) is 0 Å². The van der Waals surface area contributed by atoms with Crippen molar-refractivity contribution in [1.82, 2.24) is 0 Å². The van der Waals surface area contributed by atoms with Gasteiger partial charge in [-0.25, -0.2) is 0 Å². The summed E-state index contributed by atoms with van der Waals surface area (Å²) in [7, 11) is 0. The Morgan fingerprint density at radius 2 is 1.82 bits per heavy atom. The Morgan fingerprint density at radius 1 is 1.18 bits per heavy atom. The van der Waals surface area contributed by atoms with Gasteiger partial charge in [0.2, 0.25) is 0 Å². The monoisotopic (exact) mass is 231 g/mol. The van der Waals surface area contributed by atoms with Gasteiger partial charge in [-0.3, -0.25) is 0 Å². The smallest absolute Gasteiger partial charge is 0.0342 e. The van der Waals surface area contributed by atoms with Crippen LogP contribution in [0.1, 0.15) is 57.9 Å². The number of nitrogens with one attached hydrogen (secondary N) is 1. The lowest BCUT2D eigenvalue weighted by molar-refractivity contribution is 0.642. The molecule has 1 aromatic rings. The molecule has 2 atom stereocenters. The highest BCUT2D eigenvalue weighted by molar-refractivity contribution is 5.45. The molecule has 0 amide bonds. The van der Waals surface area contributed by atoms with Gasteiger partial charge in [0.1, 0.15) is 0 Å². The van der Waals surface area contributed by atoms with E-state index < -0.39 is 0 Å². The zero-order valence-corrected chi connectivity index (χ0v) is 11.4. The number of hydrogen-bond acceptors (Lipinski definition) is 1. The molecule has 0 spiro atoms.